The van der Waals surface area contributed by atoms with Gasteiger partial charge in [-0.15, -0.1) is 14.8 Å². The molecule has 8 rings (SSSR count). The molecule has 5 aromatic carbocycles. The summed E-state index contributed by atoms with van der Waals surface area (Å²) in [5.41, 5.74) is 8.73. The maximum absolute atomic E-state index is 4.81. The Bertz CT molecular complexity index is 2240. The van der Waals surface area contributed by atoms with Crippen LogP contribution in [0.1, 0.15) is 54.0 Å². The average molecular weight is 655 g/mol. The number of benzene rings is 5. The monoisotopic (exact) mass is 654 g/mol. The molecule has 50 heavy (non-hydrogen) atoms. The molecule has 8 nitrogen and oxygen atoms in total. The molecule has 0 unspecified atom stereocenters. The van der Waals surface area contributed by atoms with Crippen LogP contribution < -0.4 is 0 Å². The first-order valence-corrected chi connectivity index (χ1v) is 17.3. The van der Waals surface area contributed by atoms with Crippen LogP contribution in [0, 0.1) is 0 Å². The average Bonchev–Trinajstić information content (AvgIpc) is 3.90. The highest BCUT2D eigenvalue weighted by Gasteiger charge is 2.42. The van der Waals surface area contributed by atoms with Gasteiger partial charge in [0.2, 0.25) is 0 Å². The number of fused-ring (bicyclic) bond motifs is 1. The lowest BCUT2D eigenvalue weighted by Crippen LogP contribution is -2.39. The quantitative estimate of drug-likeness (QED) is 0.131. The second-order valence-electron chi connectivity index (χ2n) is 12.6. The zero-order valence-electron chi connectivity index (χ0n) is 28.3. The summed E-state index contributed by atoms with van der Waals surface area (Å²) in [7, 11) is 0. The minimum absolute atomic E-state index is 0.679. The van der Waals surface area contributed by atoms with E-state index in [0.717, 1.165) is 76.4 Å². The molecule has 0 saturated carbocycles. The second-order valence-corrected chi connectivity index (χ2v) is 12.6. The molecule has 0 aliphatic carbocycles. The third-order valence-corrected chi connectivity index (χ3v) is 9.49. The van der Waals surface area contributed by atoms with Crippen molar-refractivity contribution < 1.29 is 0 Å². The van der Waals surface area contributed by atoms with Crippen LogP contribution in [-0.4, -0.2) is 39.6 Å². The van der Waals surface area contributed by atoms with Crippen molar-refractivity contribution in [2.45, 2.75) is 45.2 Å². The molecular weight excluding hydrogens is 617 g/mol. The van der Waals surface area contributed by atoms with Crippen LogP contribution in [0.2, 0.25) is 0 Å². The molecule has 0 N–H and O–H groups in total. The van der Waals surface area contributed by atoms with Gasteiger partial charge >= 0.3 is 0 Å². The van der Waals surface area contributed by atoms with Crippen molar-refractivity contribution >= 4 is 5.65 Å². The van der Waals surface area contributed by atoms with Gasteiger partial charge in [0.1, 0.15) is 11.4 Å². The van der Waals surface area contributed by atoms with E-state index in [2.05, 4.69) is 156 Å². The molecule has 0 amide bonds. The zero-order chi connectivity index (χ0) is 33.9. The Balaban J connectivity index is 1.23. The number of nitrogens with zero attached hydrogens (tertiary/aromatic N) is 8. The summed E-state index contributed by atoms with van der Waals surface area (Å²) in [6.45, 7) is 5.03. The molecule has 246 valence electrons. The Kier molecular flexibility index (Phi) is 8.34. The molecule has 0 bridgehead atoms. The first-order valence-electron chi connectivity index (χ1n) is 17.3. The van der Waals surface area contributed by atoms with Gasteiger partial charge in [-0.05, 0) is 56.6 Å². The van der Waals surface area contributed by atoms with Crippen LogP contribution in [0.15, 0.2) is 146 Å². The van der Waals surface area contributed by atoms with Gasteiger partial charge in [0.05, 0.1) is 12.2 Å². The predicted molar refractivity (Wildman–Crippen MR) is 197 cm³/mol. The van der Waals surface area contributed by atoms with Crippen LogP contribution in [-0.2, 0) is 24.9 Å². The lowest BCUT2D eigenvalue weighted by atomic mass is 9.77. The molecule has 3 aromatic heterocycles. The molecule has 0 aliphatic rings. The van der Waals surface area contributed by atoms with Crippen LogP contribution in [0.5, 0.6) is 0 Å². The molecule has 0 spiro atoms. The Labute approximate surface area is 291 Å². The van der Waals surface area contributed by atoms with Gasteiger partial charge in [-0.2, -0.15) is 5.10 Å². The molecule has 8 aromatic rings. The highest BCUT2D eigenvalue weighted by molar-refractivity contribution is 5.81. The lowest BCUT2D eigenvalue weighted by molar-refractivity contribution is 0.451. The van der Waals surface area contributed by atoms with E-state index in [1.54, 1.807) is 4.63 Å². The summed E-state index contributed by atoms with van der Waals surface area (Å²) in [6, 6.07) is 50.9. The summed E-state index contributed by atoms with van der Waals surface area (Å²) < 4.78 is 6.08. The zero-order valence-corrected chi connectivity index (χ0v) is 28.3. The van der Waals surface area contributed by atoms with Crippen LogP contribution in [0.25, 0.3) is 28.2 Å². The van der Waals surface area contributed by atoms with Gasteiger partial charge < -0.3 is 4.57 Å². The van der Waals surface area contributed by atoms with Gasteiger partial charge in [0, 0.05) is 18.1 Å². The van der Waals surface area contributed by atoms with E-state index in [1.807, 2.05) is 22.9 Å². The number of aryl methyl sites for hydroxylation is 2. The second kappa shape index (κ2) is 13.4. The number of hydrogen-bond acceptors (Lipinski definition) is 5. The van der Waals surface area contributed by atoms with E-state index in [9.17, 15) is 0 Å². The van der Waals surface area contributed by atoms with E-state index in [4.69, 9.17) is 15.4 Å². The summed E-state index contributed by atoms with van der Waals surface area (Å²) >= 11 is 0. The molecule has 0 atom stereocenters. The predicted octanol–water partition coefficient (Wildman–Crippen LogP) is 8.25. The Morgan fingerprint density at radius 3 is 1.78 bits per heavy atom. The Morgan fingerprint density at radius 2 is 1.20 bits per heavy atom. The minimum atomic E-state index is -0.836. The number of tetrazole rings is 1. The van der Waals surface area contributed by atoms with Crippen molar-refractivity contribution in [3.63, 3.8) is 0 Å². The normalized spacial score (nSPS) is 11.7. The fourth-order valence-corrected chi connectivity index (χ4v) is 7.11. The minimum Gasteiger partial charge on any atom is -0.307 e. The van der Waals surface area contributed by atoms with Crippen molar-refractivity contribution in [3.05, 3.63) is 179 Å². The number of hydrogen-bond donors (Lipinski definition) is 0. The molecule has 8 heteroatoms. The lowest BCUT2D eigenvalue weighted by Gasteiger charge is -2.36. The fraction of sp³-hybridized carbons (Fsp3) is 0.167. The van der Waals surface area contributed by atoms with E-state index in [-0.39, 0.29) is 0 Å². The van der Waals surface area contributed by atoms with Gasteiger partial charge in [0.25, 0.3) is 0 Å². The smallest absolute Gasteiger partial charge is 0.184 e. The van der Waals surface area contributed by atoms with Crippen molar-refractivity contribution in [2.75, 3.05) is 0 Å². The van der Waals surface area contributed by atoms with E-state index < -0.39 is 5.54 Å². The van der Waals surface area contributed by atoms with Gasteiger partial charge in [-0.25, -0.2) is 4.68 Å². The molecule has 0 fully saturated rings. The maximum atomic E-state index is 4.81. The van der Waals surface area contributed by atoms with Gasteiger partial charge in [-0.1, -0.05) is 153 Å². The maximum Gasteiger partial charge on any atom is 0.184 e. The van der Waals surface area contributed by atoms with Crippen molar-refractivity contribution in [1.82, 2.24) is 39.6 Å². The third kappa shape index (κ3) is 5.39. The van der Waals surface area contributed by atoms with Crippen molar-refractivity contribution in [1.29, 1.82) is 0 Å². The largest absolute Gasteiger partial charge is 0.307 e. The molecule has 0 aliphatic heterocycles. The topological polar surface area (TPSA) is 78.7 Å². The van der Waals surface area contributed by atoms with Crippen LogP contribution in [0.4, 0.5) is 0 Å². The van der Waals surface area contributed by atoms with Gasteiger partial charge in [0.15, 0.2) is 11.5 Å². The van der Waals surface area contributed by atoms with E-state index in [1.165, 1.54) is 5.56 Å². The summed E-state index contributed by atoms with van der Waals surface area (Å²) in [5.74, 6) is 1.73. The molecule has 3 heterocycles. The Hall–Kier alpha value is -6.15. The standard InChI is InChI=1S/C42H38N8/c1-3-16-39-45-50-40(29-36(4-2)44-50)48(39)30-31-25-27-32(28-26-31)37-23-14-15-24-38(37)41-43-46-47-49(41)42(33-17-8-5-9-18-33,34-19-10-6-11-20-34)35-21-12-7-13-22-35/h5-15,17-29H,3-4,16,30H2,1-2H3. The SMILES string of the molecule is CCCc1nn2nc(CC)cc2n1Cc1ccc(-c2ccccc2-c2nnnn2C(c2ccccc2)(c2ccccc2)c2ccccc2)cc1. The number of rotatable bonds is 11. The summed E-state index contributed by atoms with van der Waals surface area (Å²) in [6.07, 6.45) is 2.81. The van der Waals surface area contributed by atoms with E-state index >= 15 is 0 Å². The first kappa shape index (κ1) is 31.1. The summed E-state index contributed by atoms with van der Waals surface area (Å²) in [5, 5.41) is 23.3. The molecular formula is C42H38N8. The third-order valence-electron chi connectivity index (χ3n) is 9.49. The molecule has 0 saturated heterocycles. The first-order chi connectivity index (χ1) is 24.7. The number of aromatic nitrogens is 8. The van der Waals surface area contributed by atoms with E-state index in [0.29, 0.717) is 5.82 Å². The highest BCUT2D eigenvalue weighted by atomic mass is 15.6. The Morgan fingerprint density at radius 1 is 0.620 bits per heavy atom. The van der Waals surface area contributed by atoms with Crippen molar-refractivity contribution in [3.8, 4) is 22.5 Å². The fourth-order valence-electron chi connectivity index (χ4n) is 7.11. The van der Waals surface area contributed by atoms with Crippen LogP contribution >= 0.6 is 0 Å². The summed E-state index contributed by atoms with van der Waals surface area (Å²) in [4.78, 5) is 0. The van der Waals surface area contributed by atoms with Crippen molar-refractivity contribution in [2.24, 2.45) is 0 Å². The van der Waals surface area contributed by atoms with Crippen LogP contribution in [0.3, 0.4) is 0 Å². The molecule has 0 radical (unpaired) electrons. The van der Waals surface area contributed by atoms with Gasteiger partial charge in [-0.3, -0.25) is 0 Å². The highest BCUT2D eigenvalue weighted by Crippen LogP contribution is 2.43.